The fourth-order valence-corrected chi connectivity index (χ4v) is 3.49. The van der Waals surface area contributed by atoms with Crippen LogP contribution in [0.15, 0.2) is 55.4 Å². The van der Waals surface area contributed by atoms with Gasteiger partial charge in [0.05, 0.1) is 5.69 Å². The SMILES string of the molecule is O=C(NC1CCN(c2nccn3ccnc23)C1)c1ncn(-c2cccc(F)c2)n1. The molecule has 0 spiro atoms. The number of carbonyl (C=O) groups is 1. The molecule has 0 aliphatic carbocycles. The van der Waals surface area contributed by atoms with E-state index in [-0.39, 0.29) is 23.6 Å². The van der Waals surface area contributed by atoms with Crippen LogP contribution in [0, 0.1) is 5.82 Å². The van der Waals surface area contributed by atoms with Crippen molar-refractivity contribution in [2.75, 3.05) is 18.0 Å². The van der Waals surface area contributed by atoms with Crippen molar-refractivity contribution in [1.82, 2.24) is 34.4 Å². The van der Waals surface area contributed by atoms with E-state index >= 15 is 0 Å². The van der Waals surface area contributed by atoms with Crippen LogP contribution in [-0.4, -0.2) is 54.2 Å². The van der Waals surface area contributed by atoms with Crippen LogP contribution in [0.1, 0.15) is 17.0 Å². The number of aromatic nitrogens is 6. The number of carbonyl (C=O) groups excluding carboxylic acids is 1. The van der Waals surface area contributed by atoms with Crippen molar-refractivity contribution in [3.05, 3.63) is 67.0 Å². The minimum Gasteiger partial charge on any atom is -0.351 e. The predicted octanol–water partition coefficient (Wildman–Crippen LogP) is 1.46. The van der Waals surface area contributed by atoms with Crippen LogP contribution < -0.4 is 10.2 Å². The van der Waals surface area contributed by atoms with Gasteiger partial charge in [0, 0.05) is 43.9 Å². The molecule has 1 aliphatic rings. The lowest BCUT2D eigenvalue weighted by Gasteiger charge is -2.18. The number of hydrogen-bond donors (Lipinski definition) is 1. The molecule has 3 aromatic heterocycles. The number of rotatable bonds is 4. The Hall–Kier alpha value is -3.82. The van der Waals surface area contributed by atoms with Gasteiger partial charge < -0.3 is 14.6 Å². The van der Waals surface area contributed by atoms with E-state index in [9.17, 15) is 9.18 Å². The molecule has 1 fully saturated rings. The van der Waals surface area contributed by atoms with Crippen LogP contribution in [0.25, 0.3) is 11.3 Å². The zero-order chi connectivity index (χ0) is 19.8. The summed E-state index contributed by atoms with van der Waals surface area (Å²) < 4.78 is 16.7. The molecule has 0 radical (unpaired) electrons. The van der Waals surface area contributed by atoms with Gasteiger partial charge >= 0.3 is 0 Å². The molecule has 5 rings (SSSR count). The monoisotopic (exact) mass is 392 g/mol. The second-order valence-corrected chi connectivity index (χ2v) is 6.81. The lowest BCUT2D eigenvalue weighted by molar-refractivity contribution is 0.0930. The highest BCUT2D eigenvalue weighted by molar-refractivity contribution is 5.90. The average Bonchev–Trinajstić information content (AvgIpc) is 3.47. The molecule has 0 saturated carbocycles. The summed E-state index contributed by atoms with van der Waals surface area (Å²) in [6, 6.07) is 5.89. The Kier molecular flexibility index (Phi) is 4.15. The molecule has 146 valence electrons. The molecule has 1 N–H and O–H groups in total. The summed E-state index contributed by atoms with van der Waals surface area (Å²) in [5.74, 6) is 0.0964. The quantitative estimate of drug-likeness (QED) is 0.565. The van der Waals surface area contributed by atoms with Crippen LogP contribution in [-0.2, 0) is 0 Å². The maximum atomic E-state index is 13.4. The van der Waals surface area contributed by atoms with E-state index in [1.54, 1.807) is 24.5 Å². The Bertz CT molecular complexity index is 1190. The van der Waals surface area contributed by atoms with Gasteiger partial charge in [-0.2, -0.15) is 0 Å². The van der Waals surface area contributed by atoms with Crippen molar-refractivity contribution in [3.8, 4) is 5.69 Å². The molecule has 1 aromatic carbocycles. The second-order valence-electron chi connectivity index (χ2n) is 6.81. The Morgan fingerprint density at radius 3 is 2.90 bits per heavy atom. The Morgan fingerprint density at radius 2 is 2.03 bits per heavy atom. The standard InChI is InChI=1S/C19H17FN8O/c20-13-2-1-3-15(10-13)28-12-23-16(25-28)19(29)24-14-4-7-27(11-14)18-17-21-5-8-26(17)9-6-22-18/h1-3,5-6,8-10,12,14H,4,7,11H2,(H,24,29). The zero-order valence-corrected chi connectivity index (χ0v) is 15.3. The highest BCUT2D eigenvalue weighted by Crippen LogP contribution is 2.22. The van der Waals surface area contributed by atoms with Gasteiger partial charge in [0.2, 0.25) is 5.82 Å². The minimum atomic E-state index is -0.379. The van der Waals surface area contributed by atoms with E-state index in [4.69, 9.17) is 0 Å². The van der Waals surface area contributed by atoms with Gasteiger partial charge in [0.15, 0.2) is 11.5 Å². The minimum absolute atomic E-state index is 0.0428. The molecule has 0 bridgehead atoms. The number of nitrogens with zero attached hydrogens (tertiary/aromatic N) is 7. The molecule has 1 saturated heterocycles. The van der Waals surface area contributed by atoms with Gasteiger partial charge in [-0.05, 0) is 24.6 Å². The highest BCUT2D eigenvalue weighted by atomic mass is 19.1. The fourth-order valence-electron chi connectivity index (χ4n) is 3.49. The van der Waals surface area contributed by atoms with Gasteiger partial charge in [0.25, 0.3) is 5.91 Å². The first-order valence-electron chi connectivity index (χ1n) is 9.18. The Morgan fingerprint density at radius 1 is 1.17 bits per heavy atom. The number of nitrogens with one attached hydrogen (secondary N) is 1. The number of halogens is 1. The lowest BCUT2D eigenvalue weighted by Crippen LogP contribution is -2.37. The van der Waals surface area contributed by atoms with Crippen molar-refractivity contribution in [3.63, 3.8) is 0 Å². The third-order valence-electron chi connectivity index (χ3n) is 4.88. The lowest BCUT2D eigenvalue weighted by atomic mass is 10.2. The van der Waals surface area contributed by atoms with E-state index in [2.05, 4.69) is 30.3 Å². The van der Waals surface area contributed by atoms with Crippen molar-refractivity contribution in [1.29, 1.82) is 0 Å². The van der Waals surface area contributed by atoms with E-state index in [0.717, 1.165) is 24.4 Å². The molecule has 10 heteroatoms. The third kappa shape index (κ3) is 3.28. The molecule has 1 amide bonds. The summed E-state index contributed by atoms with van der Waals surface area (Å²) in [6.07, 6.45) is 9.36. The molecule has 4 aromatic rings. The maximum Gasteiger partial charge on any atom is 0.291 e. The second kappa shape index (κ2) is 6.97. The van der Waals surface area contributed by atoms with Crippen LogP contribution >= 0.6 is 0 Å². The summed E-state index contributed by atoms with van der Waals surface area (Å²) in [6.45, 7) is 1.38. The number of fused-ring (bicyclic) bond motifs is 1. The van der Waals surface area contributed by atoms with Gasteiger partial charge in [0.1, 0.15) is 12.1 Å². The molecule has 4 heterocycles. The van der Waals surface area contributed by atoms with Gasteiger partial charge in [-0.25, -0.2) is 24.0 Å². The molecular formula is C19H17FN8O. The number of amides is 1. The van der Waals surface area contributed by atoms with E-state index in [0.29, 0.717) is 12.2 Å². The van der Waals surface area contributed by atoms with Crippen LogP contribution in [0.4, 0.5) is 10.2 Å². The van der Waals surface area contributed by atoms with E-state index < -0.39 is 0 Å². The fraction of sp³-hybridized carbons (Fsp3) is 0.211. The molecule has 1 unspecified atom stereocenters. The van der Waals surface area contributed by atoms with Gasteiger partial charge in [-0.3, -0.25) is 4.79 Å². The van der Waals surface area contributed by atoms with Crippen molar-refractivity contribution >= 4 is 17.4 Å². The average molecular weight is 392 g/mol. The Balaban J connectivity index is 1.27. The highest BCUT2D eigenvalue weighted by Gasteiger charge is 2.27. The summed E-state index contributed by atoms with van der Waals surface area (Å²) in [4.78, 5) is 27.5. The van der Waals surface area contributed by atoms with Crippen molar-refractivity contribution < 1.29 is 9.18 Å². The van der Waals surface area contributed by atoms with E-state index in [1.807, 2.05) is 16.8 Å². The van der Waals surface area contributed by atoms with Crippen molar-refractivity contribution in [2.45, 2.75) is 12.5 Å². The Labute approximate surface area is 164 Å². The topological polar surface area (TPSA) is 93.2 Å². The first-order valence-corrected chi connectivity index (χ1v) is 9.18. The summed E-state index contributed by atoms with van der Waals surface area (Å²) >= 11 is 0. The molecule has 29 heavy (non-hydrogen) atoms. The predicted molar refractivity (Wildman–Crippen MR) is 102 cm³/mol. The number of anilines is 1. The maximum absolute atomic E-state index is 13.4. The normalized spacial score (nSPS) is 16.4. The third-order valence-corrected chi connectivity index (χ3v) is 4.88. The van der Waals surface area contributed by atoms with E-state index in [1.165, 1.54) is 23.1 Å². The van der Waals surface area contributed by atoms with Crippen LogP contribution in [0.5, 0.6) is 0 Å². The number of benzene rings is 1. The van der Waals surface area contributed by atoms with Gasteiger partial charge in [-0.15, -0.1) is 5.10 Å². The largest absolute Gasteiger partial charge is 0.351 e. The molecule has 1 atom stereocenters. The summed E-state index contributed by atoms with van der Waals surface area (Å²) in [5.41, 5.74) is 1.29. The molecule has 1 aliphatic heterocycles. The first-order chi connectivity index (χ1) is 14.2. The number of hydrogen-bond acceptors (Lipinski definition) is 6. The van der Waals surface area contributed by atoms with Crippen LogP contribution in [0.3, 0.4) is 0 Å². The number of imidazole rings is 1. The zero-order valence-electron chi connectivity index (χ0n) is 15.3. The molecule has 9 nitrogen and oxygen atoms in total. The van der Waals surface area contributed by atoms with Gasteiger partial charge in [-0.1, -0.05) is 6.07 Å². The smallest absolute Gasteiger partial charge is 0.291 e. The van der Waals surface area contributed by atoms with Crippen molar-refractivity contribution in [2.24, 2.45) is 0 Å². The van der Waals surface area contributed by atoms with Crippen LogP contribution in [0.2, 0.25) is 0 Å². The summed E-state index contributed by atoms with van der Waals surface area (Å²) in [5, 5.41) is 7.13. The molecular weight excluding hydrogens is 375 g/mol. The summed E-state index contributed by atoms with van der Waals surface area (Å²) in [7, 11) is 0. The first kappa shape index (κ1) is 17.3.